The summed E-state index contributed by atoms with van der Waals surface area (Å²) in [6.45, 7) is 0. The van der Waals surface area contributed by atoms with E-state index in [0.717, 1.165) is 4.47 Å². The van der Waals surface area contributed by atoms with Gasteiger partial charge in [0.15, 0.2) is 0 Å². The number of halogens is 1. The molecule has 5 N–H and O–H groups in total. The van der Waals surface area contributed by atoms with Gasteiger partial charge < -0.3 is 16.8 Å². The van der Waals surface area contributed by atoms with E-state index in [0.29, 0.717) is 28.2 Å². The van der Waals surface area contributed by atoms with Gasteiger partial charge in [0.1, 0.15) is 6.07 Å². The Labute approximate surface area is 124 Å². The lowest BCUT2D eigenvalue weighted by molar-refractivity contribution is 0.102. The van der Waals surface area contributed by atoms with Crippen molar-refractivity contribution >= 4 is 38.9 Å². The Morgan fingerprint density at radius 3 is 2.40 bits per heavy atom. The van der Waals surface area contributed by atoms with Crippen LogP contribution in [0.15, 0.2) is 40.9 Å². The summed E-state index contributed by atoms with van der Waals surface area (Å²) in [7, 11) is 0. The highest BCUT2D eigenvalue weighted by atomic mass is 79.9. The number of hydrogen-bond acceptors (Lipinski definition) is 4. The molecule has 100 valence electrons. The molecular weight excluding hydrogens is 320 g/mol. The van der Waals surface area contributed by atoms with Gasteiger partial charge in [-0.05, 0) is 36.4 Å². The zero-order chi connectivity index (χ0) is 14.7. The molecule has 0 saturated heterocycles. The summed E-state index contributed by atoms with van der Waals surface area (Å²) in [4.78, 5) is 12.1. The Bertz CT molecular complexity index is 701. The van der Waals surface area contributed by atoms with E-state index in [-0.39, 0.29) is 5.91 Å². The molecule has 0 heterocycles. The number of nitrogen functional groups attached to an aromatic ring is 2. The molecule has 0 aliphatic heterocycles. The molecule has 2 aromatic rings. The summed E-state index contributed by atoms with van der Waals surface area (Å²) >= 11 is 3.27. The third-order valence-electron chi connectivity index (χ3n) is 2.59. The molecular formula is C14H11BrN4O. The van der Waals surface area contributed by atoms with Crippen LogP contribution < -0.4 is 16.8 Å². The van der Waals surface area contributed by atoms with Crippen LogP contribution in [0.5, 0.6) is 0 Å². The van der Waals surface area contributed by atoms with E-state index in [1.54, 1.807) is 24.3 Å². The van der Waals surface area contributed by atoms with Crippen molar-refractivity contribution in [1.29, 1.82) is 5.26 Å². The maximum atomic E-state index is 12.1. The summed E-state index contributed by atoms with van der Waals surface area (Å²) in [5, 5.41) is 11.7. The number of benzene rings is 2. The summed E-state index contributed by atoms with van der Waals surface area (Å²) in [5.41, 5.74) is 13.3. The number of nitrogens with two attached hydrogens (primary N) is 2. The van der Waals surface area contributed by atoms with E-state index in [2.05, 4.69) is 21.2 Å². The summed E-state index contributed by atoms with van der Waals surface area (Å²) in [6.07, 6.45) is 0. The molecule has 0 aliphatic carbocycles. The fourth-order valence-corrected chi connectivity index (χ4v) is 2.08. The van der Waals surface area contributed by atoms with Crippen molar-refractivity contribution in [3.63, 3.8) is 0 Å². The molecule has 0 aromatic heterocycles. The van der Waals surface area contributed by atoms with E-state index in [9.17, 15) is 4.79 Å². The largest absolute Gasteiger partial charge is 0.399 e. The number of carbonyl (C=O) groups excluding carboxylic acids is 1. The first-order chi connectivity index (χ1) is 9.49. The van der Waals surface area contributed by atoms with Crippen LogP contribution in [0.4, 0.5) is 17.1 Å². The van der Waals surface area contributed by atoms with Gasteiger partial charge in [-0.3, -0.25) is 4.79 Å². The van der Waals surface area contributed by atoms with Crippen LogP contribution >= 0.6 is 15.9 Å². The molecule has 0 unspecified atom stereocenters. The number of rotatable bonds is 2. The molecule has 0 radical (unpaired) electrons. The number of carbonyl (C=O) groups is 1. The lowest BCUT2D eigenvalue weighted by Crippen LogP contribution is -2.13. The first kappa shape index (κ1) is 13.9. The topological polar surface area (TPSA) is 105 Å². The minimum absolute atomic E-state index is 0.342. The van der Waals surface area contributed by atoms with Gasteiger partial charge in [-0.1, -0.05) is 15.9 Å². The first-order valence-electron chi connectivity index (χ1n) is 5.66. The second-order valence-electron chi connectivity index (χ2n) is 4.14. The van der Waals surface area contributed by atoms with Gasteiger partial charge in [-0.15, -0.1) is 0 Å². The van der Waals surface area contributed by atoms with Crippen LogP contribution in [-0.2, 0) is 0 Å². The average molecular weight is 331 g/mol. The summed E-state index contributed by atoms with van der Waals surface area (Å²) in [5.74, 6) is -0.372. The predicted octanol–water partition coefficient (Wildman–Crippen LogP) is 2.74. The highest BCUT2D eigenvalue weighted by molar-refractivity contribution is 9.10. The lowest BCUT2D eigenvalue weighted by atomic mass is 10.1. The number of nitrogens with zero attached hydrogens (tertiary/aromatic N) is 1. The smallest absolute Gasteiger partial charge is 0.255 e. The molecule has 0 bridgehead atoms. The van der Waals surface area contributed by atoms with Crippen molar-refractivity contribution in [2.75, 3.05) is 16.8 Å². The van der Waals surface area contributed by atoms with Crippen molar-refractivity contribution in [1.82, 2.24) is 0 Å². The maximum Gasteiger partial charge on any atom is 0.255 e. The minimum Gasteiger partial charge on any atom is -0.399 e. The third kappa shape index (κ3) is 3.08. The number of hydrogen-bond donors (Lipinski definition) is 3. The zero-order valence-electron chi connectivity index (χ0n) is 10.4. The van der Waals surface area contributed by atoms with E-state index >= 15 is 0 Å². The zero-order valence-corrected chi connectivity index (χ0v) is 11.9. The van der Waals surface area contributed by atoms with Gasteiger partial charge in [-0.2, -0.15) is 5.26 Å². The normalized spacial score (nSPS) is 9.80. The van der Waals surface area contributed by atoms with Gasteiger partial charge in [0, 0.05) is 21.4 Å². The second kappa shape index (κ2) is 5.63. The minimum atomic E-state index is -0.372. The fourth-order valence-electron chi connectivity index (χ4n) is 1.72. The van der Waals surface area contributed by atoms with Gasteiger partial charge in [-0.25, -0.2) is 0 Å². The van der Waals surface area contributed by atoms with Gasteiger partial charge in [0.25, 0.3) is 5.91 Å². The number of nitriles is 1. The van der Waals surface area contributed by atoms with Gasteiger partial charge in [0.05, 0.1) is 11.3 Å². The Morgan fingerprint density at radius 1 is 1.15 bits per heavy atom. The molecule has 0 fully saturated rings. The maximum absolute atomic E-state index is 12.1. The van der Waals surface area contributed by atoms with Crippen LogP contribution in [0.1, 0.15) is 15.9 Å². The molecule has 6 heteroatoms. The highest BCUT2D eigenvalue weighted by Gasteiger charge is 2.10. The van der Waals surface area contributed by atoms with Crippen LogP contribution in [0.2, 0.25) is 0 Å². The Hall–Kier alpha value is -2.52. The molecule has 2 aromatic carbocycles. The van der Waals surface area contributed by atoms with Gasteiger partial charge >= 0.3 is 0 Å². The Morgan fingerprint density at radius 2 is 1.80 bits per heavy atom. The quantitative estimate of drug-likeness (QED) is 0.736. The number of anilines is 3. The van der Waals surface area contributed by atoms with Crippen LogP contribution in [0, 0.1) is 11.3 Å². The van der Waals surface area contributed by atoms with Crippen molar-refractivity contribution in [3.8, 4) is 6.07 Å². The highest BCUT2D eigenvalue weighted by Crippen LogP contribution is 2.22. The molecule has 0 saturated carbocycles. The summed E-state index contributed by atoms with van der Waals surface area (Å²) < 4.78 is 0.764. The van der Waals surface area contributed by atoms with E-state index in [4.69, 9.17) is 16.7 Å². The van der Waals surface area contributed by atoms with Crippen molar-refractivity contribution in [3.05, 3.63) is 52.0 Å². The molecule has 0 aliphatic rings. The Balaban J connectivity index is 2.30. The van der Waals surface area contributed by atoms with E-state index in [1.807, 2.05) is 6.07 Å². The summed E-state index contributed by atoms with van der Waals surface area (Å²) in [6, 6.07) is 11.7. The van der Waals surface area contributed by atoms with Crippen LogP contribution in [0.3, 0.4) is 0 Å². The van der Waals surface area contributed by atoms with Crippen LogP contribution in [-0.4, -0.2) is 5.91 Å². The fraction of sp³-hybridized carbons (Fsp3) is 0. The van der Waals surface area contributed by atoms with Crippen LogP contribution in [0.25, 0.3) is 0 Å². The standard InChI is InChI=1S/C14H11BrN4O/c15-10-1-2-13(9(3-10)7-16)19-14(20)8-4-11(17)6-12(18)5-8/h1-6H,17-18H2,(H,19,20). The number of nitrogens with one attached hydrogen (secondary N) is 1. The van der Waals surface area contributed by atoms with Crippen molar-refractivity contribution in [2.45, 2.75) is 0 Å². The molecule has 0 spiro atoms. The first-order valence-corrected chi connectivity index (χ1v) is 6.46. The second-order valence-corrected chi connectivity index (χ2v) is 5.06. The molecule has 2 rings (SSSR count). The van der Waals surface area contributed by atoms with Gasteiger partial charge in [0.2, 0.25) is 0 Å². The monoisotopic (exact) mass is 330 g/mol. The number of amides is 1. The predicted molar refractivity (Wildman–Crippen MR) is 82.1 cm³/mol. The van der Waals surface area contributed by atoms with E-state index < -0.39 is 0 Å². The SMILES string of the molecule is N#Cc1cc(Br)ccc1NC(=O)c1cc(N)cc(N)c1. The lowest BCUT2D eigenvalue weighted by Gasteiger charge is -2.08. The third-order valence-corrected chi connectivity index (χ3v) is 3.08. The Kier molecular flexibility index (Phi) is 3.91. The molecule has 1 amide bonds. The molecule has 5 nitrogen and oxygen atoms in total. The molecule has 20 heavy (non-hydrogen) atoms. The molecule has 0 atom stereocenters. The van der Waals surface area contributed by atoms with Crippen molar-refractivity contribution in [2.24, 2.45) is 0 Å². The van der Waals surface area contributed by atoms with Crippen molar-refractivity contribution < 1.29 is 4.79 Å². The average Bonchev–Trinajstić information content (AvgIpc) is 2.39. The van der Waals surface area contributed by atoms with E-state index in [1.165, 1.54) is 12.1 Å².